The van der Waals surface area contributed by atoms with Gasteiger partial charge in [-0.3, -0.25) is 4.98 Å². The highest BCUT2D eigenvalue weighted by molar-refractivity contribution is 7.18. The van der Waals surface area contributed by atoms with Crippen LogP contribution in [0.15, 0.2) is 36.0 Å². The molecule has 134 valence electrons. The summed E-state index contributed by atoms with van der Waals surface area (Å²) >= 11 is 3.51. The van der Waals surface area contributed by atoms with E-state index in [0.29, 0.717) is 0 Å². The van der Waals surface area contributed by atoms with Gasteiger partial charge in [0.05, 0.1) is 21.4 Å². The van der Waals surface area contributed by atoms with Gasteiger partial charge in [0, 0.05) is 29.1 Å². The lowest BCUT2D eigenvalue weighted by atomic mass is 9.86. The Kier molecular flexibility index (Phi) is 4.12. The predicted octanol–water partition coefficient (Wildman–Crippen LogP) is 6.12. The van der Waals surface area contributed by atoms with E-state index in [1.165, 1.54) is 15.6 Å². The molecule has 0 aliphatic carbocycles. The number of nitrogens with zero attached hydrogens (tertiary/aromatic N) is 3. The highest BCUT2D eigenvalue weighted by atomic mass is 32.1. The molecule has 4 heterocycles. The third-order valence-corrected chi connectivity index (χ3v) is 6.99. The van der Waals surface area contributed by atoms with Crippen LogP contribution in [0, 0.1) is 0 Å². The molecule has 5 heteroatoms. The molecule has 0 saturated heterocycles. The molecule has 0 atom stereocenters. The molecule has 26 heavy (non-hydrogen) atoms. The lowest BCUT2D eigenvalue weighted by Gasteiger charge is -2.21. The zero-order chi connectivity index (χ0) is 18.5. The number of thiophene rings is 1. The summed E-state index contributed by atoms with van der Waals surface area (Å²) < 4.78 is 1.19. The SMILES string of the molecule is CC(C)(C)c1csc2nc(CC(C)(C)c3nc4cnccc4s3)ccc12. The van der Waals surface area contributed by atoms with E-state index in [0.717, 1.165) is 27.5 Å². The average molecular weight is 382 g/mol. The van der Waals surface area contributed by atoms with Crippen LogP contribution in [0.25, 0.3) is 20.4 Å². The summed E-state index contributed by atoms with van der Waals surface area (Å²) in [5.41, 5.74) is 3.58. The van der Waals surface area contributed by atoms with Gasteiger partial charge in [0.1, 0.15) is 4.83 Å². The maximum absolute atomic E-state index is 4.96. The minimum atomic E-state index is -0.0610. The summed E-state index contributed by atoms with van der Waals surface area (Å²) in [5, 5.41) is 4.69. The van der Waals surface area contributed by atoms with Gasteiger partial charge in [-0.15, -0.1) is 22.7 Å². The summed E-state index contributed by atoms with van der Waals surface area (Å²) in [6, 6.07) is 6.46. The average Bonchev–Trinajstić information content (AvgIpc) is 3.18. The first-order valence-corrected chi connectivity index (χ1v) is 10.5. The van der Waals surface area contributed by atoms with Gasteiger partial charge in [0.15, 0.2) is 0 Å². The Labute approximate surface area is 162 Å². The third-order valence-electron chi connectivity index (χ3n) is 4.70. The van der Waals surface area contributed by atoms with Gasteiger partial charge >= 0.3 is 0 Å². The van der Waals surface area contributed by atoms with Crippen molar-refractivity contribution in [2.45, 2.75) is 51.9 Å². The number of pyridine rings is 2. The molecule has 0 bridgehead atoms. The fourth-order valence-electron chi connectivity index (χ4n) is 3.23. The molecule has 0 aliphatic heterocycles. The first kappa shape index (κ1) is 17.6. The Morgan fingerprint density at radius 2 is 1.81 bits per heavy atom. The van der Waals surface area contributed by atoms with Crippen LogP contribution in [0.4, 0.5) is 0 Å². The molecule has 0 N–H and O–H groups in total. The first-order valence-electron chi connectivity index (χ1n) is 8.83. The van der Waals surface area contributed by atoms with Gasteiger partial charge < -0.3 is 0 Å². The Balaban J connectivity index is 1.67. The number of thiazole rings is 1. The van der Waals surface area contributed by atoms with E-state index in [2.05, 4.69) is 57.1 Å². The van der Waals surface area contributed by atoms with E-state index in [1.54, 1.807) is 22.7 Å². The molecule has 0 unspecified atom stereocenters. The maximum Gasteiger partial charge on any atom is 0.123 e. The molecule has 4 aromatic heterocycles. The fraction of sp³-hybridized carbons (Fsp3) is 0.381. The van der Waals surface area contributed by atoms with Gasteiger partial charge in [-0.2, -0.15) is 0 Å². The van der Waals surface area contributed by atoms with Crippen LogP contribution in [-0.2, 0) is 17.3 Å². The number of hydrogen-bond donors (Lipinski definition) is 0. The Morgan fingerprint density at radius 1 is 1.00 bits per heavy atom. The summed E-state index contributed by atoms with van der Waals surface area (Å²) in [6.45, 7) is 11.3. The Morgan fingerprint density at radius 3 is 2.54 bits per heavy atom. The third kappa shape index (κ3) is 3.14. The Bertz CT molecular complexity index is 1050. The fourth-order valence-corrected chi connectivity index (χ4v) is 5.45. The molecule has 4 aromatic rings. The zero-order valence-electron chi connectivity index (χ0n) is 15.8. The highest BCUT2D eigenvalue weighted by Crippen LogP contribution is 2.36. The number of aromatic nitrogens is 3. The molecule has 0 spiro atoms. The quantitative estimate of drug-likeness (QED) is 0.429. The zero-order valence-corrected chi connectivity index (χ0v) is 17.5. The van der Waals surface area contributed by atoms with E-state index < -0.39 is 0 Å². The van der Waals surface area contributed by atoms with Crippen LogP contribution in [0.5, 0.6) is 0 Å². The molecule has 3 nitrogen and oxygen atoms in total. The normalized spacial score (nSPS) is 13.0. The van der Waals surface area contributed by atoms with Crippen LogP contribution < -0.4 is 0 Å². The molecule has 4 rings (SSSR count). The van der Waals surface area contributed by atoms with Gasteiger partial charge in [-0.25, -0.2) is 9.97 Å². The van der Waals surface area contributed by atoms with E-state index in [4.69, 9.17) is 9.97 Å². The molecular formula is C21H23N3S2. The summed E-state index contributed by atoms with van der Waals surface area (Å²) in [6.07, 6.45) is 4.55. The van der Waals surface area contributed by atoms with Gasteiger partial charge in [-0.05, 0) is 34.6 Å². The van der Waals surface area contributed by atoms with Crippen molar-refractivity contribution < 1.29 is 0 Å². The molecule has 0 aliphatic rings. The number of rotatable bonds is 3. The number of fused-ring (bicyclic) bond motifs is 2. The van der Waals surface area contributed by atoms with Crippen molar-refractivity contribution in [2.24, 2.45) is 0 Å². The summed E-state index contributed by atoms with van der Waals surface area (Å²) in [4.78, 5) is 15.1. The van der Waals surface area contributed by atoms with Crippen molar-refractivity contribution in [1.82, 2.24) is 15.0 Å². The standard InChI is InChI=1S/C21H23N3S2/c1-20(2,3)15-12-25-18-14(15)7-6-13(23-18)10-21(4,5)19-24-16-11-22-9-8-17(16)26-19/h6-9,11-12H,10H2,1-5H3. The maximum atomic E-state index is 4.96. The lowest BCUT2D eigenvalue weighted by molar-refractivity contribution is 0.514. The second kappa shape index (κ2) is 6.10. The van der Waals surface area contributed by atoms with Crippen LogP contribution in [0.2, 0.25) is 0 Å². The predicted molar refractivity (Wildman–Crippen MR) is 112 cm³/mol. The Hall–Kier alpha value is -1.85. The molecule has 0 fully saturated rings. The minimum Gasteiger partial charge on any atom is -0.262 e. The molecule has 0 amide bonds. The van der Waals surface area contributed by atoms with Crippen molar-refractivity contribution in [3.05, 3.63) is 52.2 Å². The van der Waals surface area contributed by atoms with Crippen molar-refractivity contribution in [3.63, 3.8) is 0 Å². The monoisotopic (exact) mass is 381 g/mol. The molecule has 0 saturated carbocycles. The van der Waals surface area contributed by atoms with Crippen LogP contribution in [0.3, 0.4) is 0 Å². The molecule has 0 radical (unpaired) electrons. The topological polar surface area (TPSA) is 38.7 Å². The van der Waals surface area contributed by atoms with Crippen LogP contribution >= 0.6 is 22.7 Å². The van der Waals surface area contributed by atoms with Crippen molar-refractivity contribution in [2.75, 3.05) is 0 Å². The van der Waals surface area contributed by atoms with Gasteiger partial charge in [-0.1, -0.05) is 34.6 Å². The number of hydrogen-bond acceptors (Lipinski definition) is 5. The van der Waals surface area contributed by atoms with Gasteiger partial charge in [0.25, 0.3) is 0 Å². The van der Waals surface area contributed by atoms with E-state index in [1.807, 2.05) is 18.5 Å². The molecule has 0 aromatic carbocycles. The van der Waals surface area contributed by atoms with Gasteiger partial charge in [0.2, 0.25) is 0 Å². The second-order valence-corrected chi connectivity index (χ2v) is 10.4. The van der Waals surface area contributed by atoms with E-state index in [9.17, 15) is 0 Å². The molecular weight excluding hydrogens is 358 g/mol. The first-order chi connectivity index (χ1) is 12.2. The van der Waals surface area contributed by atoms with E-state index in [-0.39, 0.29) is 10.8 Å². The minimum absolute atomic E-state index is 0.0610. The van der Waals surface area contributed by atoms with Crippen LogP contribution in [-0.4, -0.2) is 15.0 Å². The smallest absolute Gasteiger partial charge is 0.123 e. The lowest BCUT2D eigenvalue weighted by Crippen LogP contribution is -2.20. The largest absolute Gasteiger partial charge is 0.262 e. The van der Waals surface area contributed by atoms with Crippen LogP contribution in [0.1, 0.15) is 50.9 Å². The highest BCUT2D eigenvalue weighted by Gasteiger charge is 2.27. The summed E-state index contributed by atoms with van der Waals surface area (Å²) in [5.74, 6) is 0. The van der Waals surface area contributed by atoms with Crippen molar-refractivity contribution in [3.8, 4) is 0 Å². The summed E-state index contributed by atoms with van der Waals surface area (Å²) in [7, 11) is 0. The second-order valence-electron chi connectivity index (χ2n) is 8.48. The van der Waals surface area contributed by atoms with Crippen molar-refractivity contribution in [1.29, 1.82) is 0 Å². The van der Waals surface area contributed by atoms with Crippen molar-refractivity contribution >= 4 is 43.1 Å². The van der Waals surface area contributed by atoms with E-state index >= 15 is 0 Å².